The van der Waals surface area contributed by atoms with E-state index in [0.29, 0.717) is 0 Å². The second kappa shape index (κ2) is 25.0. The van der Waals surface area contributed by atoms with Crippen molar-refractivity contribution in [3.8, 4) is 0 Å². The van der Waals surface area contributed by atoms with Crippen LogP contribution in [0.15, 0.2) is 0 Å². The van der Waals surface area contributed by atoms with Crippen molar-refractivity contribution in [2.45, 2.75) is 186 Å². The Labute approximate surface area is 401 Å². The van der Waals surface area contributed by atoms with Gasteiger partial charge in [0.2, 0.25) is 11.8 Å². The van der Waals surface area contributed by atoms with Crippen molar-refractivity contribution in [3.05, 3.63) is 0 Å². The molecule has 0 aromatic heterocycles. The van der Waals surface area contributed by atoms with E-state index in [1.54, 1.807) is 0 Å². The van der Waals surface area contributed by atoms with E-state index in [1.165, 1.54) is 0 Å². The van der Waals surface area contributed by atoms with Gasteiger partial charge in [-0.15, -0.1) is 0 Å². The molecule has 71 heavy (non-hydrogen) atoms. The molecule has 2 amide bonds. The van der Waals surface area contributed by atoms with Gasteiger partial charge in [-0.1, -0.05) is 0 Å². The molecule has 5 saturated heterocycles. The predicted octanol–water partition coefficient (Wildman–Crippen LogP) is -11.9. The highest BCUT2D eigenvalue weighted by atomic mass is 16.8. The van der Waals surface area contributed by atoms with Gasteiger partial charge in [0.15, 0.2) is 25.2 Å². The summed E-state index contributed by atoms with van der Waals surface area (Å²) in [5, 5.41) is 176. The fourth-order valence-electron chi connectivity index (χ4n) is 8.73. The SMILES string of the molecule is CC(=O)N[C@H]1[C@H](O[C@@H]2[C@H](O)[C@@H](O)[C@H](O[C@H]3[C@H](O)[C@@H](O)[C@H](O)O[C@@H]3CO)O[C@@H]2CO)O[C@H](CO)[C@H](O)[C@@H]1O[C@@H]1O[C@H](CO)[C@H](O)[C@H](O[C@]2(C(=O)O)C[C@H](O)[C@@H](NC(C)=O)[C@H]([C@H](O)[C@H](O)COC(C)=O)O2)[C@H]1O. The summed E-state index contributed by atoms with van der Waals surface area (Å²) < 4.78 is 55.6. The third-order valence-electron chi connectivity index (χ3n) is 12.4. The van der Waals surface area contributed by atoms with Gasteiger partial charge in [-0.2, -0.15) is 0 Å². The van der Waals surface area contributed by atoms with Crippen LogP contribution in [0.25, 0.3) is 0 Å². The largest absolute Gasteiger partial charge is 0.477 e. The van der Waals surface area contributed by atoms with Crippen LogP contribution >= 0.6 is 0 Å². The average Bonchev–Trinajstić information content (AvgIpc) is 3.31. The van der Waals surface area contributed by atoms with E-state index in [9.17, 15) is 101 Å². The summed E-state index contributed by atoms with van der Waals surface area (Å²) in [4.78, 5) is 49.3. The molecule has 5 fully saturated rings. The van der Waals surface area contributed by atoms with Gasteiger partial charge >= 0.3 is 11.9 Å². The van der Waals surface area contributed by atoms with Crippen LogP contribution in [-0.2, 0) is 66.5 Å². The lowest BCUT2D eigenvalue weighted by Crippen LogP contribution is -2.71. The quantitative estimate of drug-likeness (QED) is 0.0534. The minimum atomic E-state index is -3.22. The molecule has 5 heterocycles. The van der Waals surface area contributed by atoms with Crippen LogP contribution in [0.2, 0.25) is 0 Å². The number of amides is 2. The van der Waals surface area contributed by atoms with Gasteiger partial charge in [0.05, 0.1) is 38.6 Å². The number of nitrogens with one attached hydrogen (secondary N) is 2. The lowest BCUT2D eigenvalue weighted by Gasteiger charge is -2.51. The summed E-state index contributed by atoms with van der Waals surface area (Å²) in [6.45, 7) is -2.09. The molecule has 18 N–H and O–H groups in total. The normalized spacial score (nSPS) is 45.0. The second-order valence-corrected chi connectivity index (χ2v) is 17.5. The molecule has 32 heteroatoms. The average molecular weight is 1040 g/mol. The Morgan fingerprint density at radius 2 is 1.04 bits per heavy atom. The Balaban J connectivity index is 1.42. The molecule has 410 valence electrons. The minimum Gasteiger partial charge on any atom is -0.477 e. The number of aliphatic hydroxyl groups excluding tert-OH is 15. The van der Waals surface area contributed by atoms with Gasteiger partial charge in [0.25, 0.3) is 5.79 Å². The Morgan fingerprint density at radius 1 is 0.577 bits per heavy atom. The van der Waals surface area contributed by atoms with Crippen molar-refractivity contribution < 1.29 is 148 Å². The molecular weight excluding hydrogens is 976 g/mol. The molecule has 5 rings (SSSR count). The number of aliphatic carboxylic acids is 1. The Bertz CT molecular complexity index is 1770. The topological polar surface area (TPSA) is 508 Å². The van der Waals surface area contributed by atoms with Crippen molar-refractivity contribution in [1.29, 1.82) is 0 Å². The number of ether oxygens (including phenoxy) is 10. The number of aliphatic hydroxyl groups is 15. The summed E-state index contributed by atoms with van der Waals surface area (Å²) in [5.41, 5.74) is 0. The van der Waals surface area contributed by atoms with E-state index in [-0.39, 0.29) is 0 Å². The lowest BCUT2D eigenvalue weighted by atomic mass is 9.88. The fourth-order valence-corrected chi connectivity index (χ4v) is 8.73. The fraction of sp³-hybridized carbons (Fsp3) is 0.897. The Morgan fingerprint density at radius 3 is 1.58 bits per heavy atom. The van der Waals surface area contributed by atoms with Crippen LogP contribution in [0.5, 0.6) is 0 Å². The molecule has 0 saturated carbocycles. The number of hydrogen-bond donors (Lipinski definition) is 18. The molecule has 0 radical (unpaired) electrons. The maximum atomic E-state index is 13.1. The van der Waals surface area contributed by atoms with Crippen molar-refractivity contribution >= 4 is 23.8 Å². The number of carbonyl (C=O) groups excluding carboxylic acids is 3. The van der Waals surface area contributed by atoms with Crippen LogP contribution in [0.1, 0.15) is 27.2 Å². The first-order valence-corrected chi connectivity index (χ1v) is 22.1. The Kier molecular flexibility index (Phi) is 20.7. The maximum absolute atomic E-state index is 13.1. The number of carboxylic acids is 1. The maximum Gasteiger partial charge on any atom is 0.364 e. The van der Waals surface area contributed by atoms with E-state index in [2.05, 4.69) is 10.6 Å². The molecule has 26 atom stereocenters. The van der Waals surface area contributed by atoms with Crippen molar-refractivity contribution in [2.75, 3.05) is 33.0 Å². The zero-order chi connectivity index (χ0) is 53.0. The molecule has 5 aliphatic rings. The number of esters is 1. The third kappa shape index (κ3) is 13.1. The zero-order valence-electron chi connectivity index (χ0n) is 38.0. The van der Waals surface area contributed by atoms with E-state index in [4.69, 9.17) is 47.4 Å². The highest BCUT2D eigenvalue weighted by Gasteiger charge is 2.61. The van der Waals surface area contributed by atoms with Gasteiger partial charge in [-0.05, 0) is 0 Å². The molecule has 0 spiro atoms. The standard InChI is InChI=1S/C39H64N2O30/c1-10(46)40-19-13(49)4-39(38(60)61,70-32(19)21(51)14(50)9-62-12(3)48)71-33-23(53)16(6-43)65-37(28(33)58)69-31-20(41-11(2)47)35(64-15(5-42)22(31)52)67-30-18(8-45)66-36(27(57)25(30)55)68-29-17(7-44)63-34(59)26(56)24(29)54/h13-37,42-45,49-59H,4-9H2,1-3H3,(H,40,46)(H,41,47)(H,60,61)/t13-,14+,15+,16+,17+,18+,19+,20+,21+,22-,23-,24+,25+,26+,27+,28+,29+,30-,31+,32+,33-,34+,35-,36-,37-,39-/m0/s1. The smallest absolute Gasteiger partial charge is 0.364 e. The molecular formula is C39H64N2O30. The first kappa shape index (κ1) is 58.8. The van der Waals surface area contributed by atoms with E-state index < -0.39 is 222 Å². The van der Waals surface area contributed by atoms with Gasteiger partial charge in [-0.3, -0.25) is 14.4 Å². The van der Waals surface area contributed by atoms with Gasteiger partial charge in [-0.25, -0.2) is 4.79 Å². The molecule has 0 aliphatic carbocycles. The Hall–Kier alpha value is -3.08. The molecule has 0 unspecified atom stereocenters. The van der Waals surface area contributed by atoms with Crippen molar-refractivity contribution in [2.24, 2.45) is 0 Å². The minimum absolute atomic E-state index is 0.833. The number of rotatable bonds is 19. The lowest BCUT2D eigenvalue weighted by molar-refractivity contribution is -0.388. The van der Waals surface area contributed by atoms with Crippen LogP contribution < -0.4 is 10.6 Å². The summed E-state index contributed by atoms with van der Waals surface area (Å²) >= 11 is 0. The first-order chi connectivity index (χ1) is 33.3. The number of carbonyl (C=O) groups is 4. The molecule has 5 aliphatic heterocycles. The van der Waals surface area contributed by atoms with Crippen molar-refractivity contribution in [3.63, 3.8) is 0 Å². The van der Waals surface area contributed by atoms with Crippen LogP contribution in [0.4, 0.5) is 0 Å². The van der Waals surface area contributed by atoms with Gasteiger partial charge in [0, 0.05) is 27.2 Å². The van der Waals surface area contributed by atoms with Crippen LogP contribution in [0, 0.1) is 0 Å². The monoisotopic (exact) mass is 1040 g/mol. The van der Waals surface area contributed by atoms with Crippen molar-refractivity contribution in [1.82, 2.24) is 10.6 Å². The van der Waals surface area contributed by atoms with E-state index in [1.807, 2.05) is 0 Å². The molecule has 0 aromatic carbocycles. The third-order valence-corrected chi connectivity index (χ3v) is 12.4. The highest BCUT2D eigenvalue weighted by molar-refractivity contribution is 5.77. The van der Waals surface area contributed by atoms with E-state index in [0.717, 1.165) is 20.8 Å². The summed E-state index contributed by atoms with van der Waals surface area (Å²) in [7, 11) is 0. The van der Waals surface area contributed by atoms with Gasteiger partial charge < -0.3 is 140 Å². The predicted molar refractivity (Wildman–Crippen MR) is 216 cm³/mol. The summed E-state index contributed by atoms with van der Waals surface area (Å²) in [5.74, 6) is -7.95. The first-order valence-electron chi connectivity index (χ1n) is 22.1. The number of hydrogen-bond acceptors (Lipinski definition) is 29. The number of carboxylic acid groups (broad SMARTS) is 1. The van der Waals surface area contributed by atoms with E-state index >= 15 is 0 Å². The van der Waals surface area contributed by atoms with Gasteiger partial charge in [0.1, 0.15) is 123 Å². The summed E-state index contributed by atoms with van der Waals surface area (Å²) in [6.07, 6.45) is -47.5. The molecule has 0 aromatic rings. The summed E-state index contributed by atoms with van der Waals surface area (Å²) in [6, 6.07) is -3.52. The van der Waals surface area contributed by atoms with Crippen LogP contribution in [0.3, 0.4) is 0 Å². The molecule has 32 nitrogen and oxygen atoms in total. The highest BCUT2D eigenvalue weighted by Crippen LogP contribution is 2.39. The van der Waals surface area contributed by atoms with Crippen LogP contribution in [-0.4, -0.2) is 297 Å². The zero-order valence-corrected chi connectivity index (χ0v) is 38.0. The second-order valence-electron chi connectivity index (χ2n) is 17.5. The molecule has 0 bridgehead atoms.